The van der Waals surface area contributed by atoms with Crippen LogP contribution in [0.15, 0.2) is 18.2 Å². The molecular weight excluding hydrogens is 248 g/mol. The van der Waals surface area contributed by atoms with Gasteiger partial charge in [-0.25, -0.2) is 4.39 Å². The van der Waals surface area contributed by atoms with E-state index in [1.807, 2.05) is 0 Å². The number of benzene rings is 1. The van der Waals surface area contributed by atoms with Crippen LogP contribution < -0.4 is 11.5 Å². The fourth-order valence-corrected chi connectivity index (χ4v) is 1.22. The number of rotatable bonds is 2. The molecule has 0 aromatic heterocycles. The van der Waals surface area contributed by atoms with Crippen LogP contribution in [-0.2, 0) is 6.18 Å². The summed E-state index contributed by atoms with van der Waals surface area (Å²) in [6, 6.07) is 1.42. The Hall–Kier alpha value is -0.850. The number of hydrogen-bond acceptors (Lipinski definition) is 2. The normalized spacial score (nSPS) is 13.1. The molecule has 1 aromatic carbocycles. The van der Waals surface area contributed by atoms with E-state index in [0.29, 0.717) is 6.07 Å². The minimum Gasteiger partial charge on any atom is -0.329 e. The van der Waals surface area contributed by atoms with Crippen molar-refractivity contribution in [2.24, 2.45) is 11.5 Å². The van der Waals surface area contributed by atoms with E-state index in [4.69, 9.17) is 11.5 Å². The first kappa shape index (κ1) is 15.2. The Labute approximate surface area is 96.0 Å². The predicted molar refractivity (Wildman–Crippen MR) is 54.6 cm³/mol. The Morgan fingerprint density at radius 1 is 1.25 bits per heavy atom. The van der Waals surface area contributed by atoms with Crippen molar-refractivity contribution in [3.63, 3.8) is 0 Å². The molecule has 1 rings (SSSR count). The SMILES string of the molecule is Cl.NC[C@@H](N)c1ccc(F)cc1C(F)(F)F. The lowest BCUT2D eigenvalue weighted by molar-refractivity contribution is -0.138. The molecule has 1 aromatic rings. The second kappa shape index (κ2) is 5.47. The van der Waals surface area contributed by atoms with E-state index >= 15 is 0 Å². The van der Waals surface area contributed by atoms with Gasteiger partial charge in [-0.05, 0) is 17.7 Å². The molecule has 0 saturated heterocycles. The Morgan fingerprint density at radius 3 is 2.25 bits per heavy atom. The lowest BCUT2D eigenvalue weighted by Gasteiger charge is -2.16. The molecule has 0 fully saturated rings. The summed E-state index contributed by atoms with van der Waals surface area (Å²) in [6.07, 6.45) is -4.62. The summed E-state index contributed by atoms with van der Waals surface area (Å²) < 4.78 is 50.1. The van der Waals surface area contributed by atoms with Crippen molar-refractivity contribution < 1.29 is 17.6 Å². The topological polar surface area (TPSA) is 52.0 Å². The van der Waals surface area contributed by atoms with E-state index in [2.05, 4.69) is 0 Å². The van der Waals surface area contributed by atoms with Gasteiger partial charge in [0.1, 0.15) is 5.82 Å². The predicted octanol–water partition coefficient (Wildman–Crippen LogP) is 2.22. The molecule has 0 radical (unpaired) electrons. The fraction of sp³-hybridized carbons (Fsp3) is 0.333. The highest BCUT2D eigenvalue weighted by atomic mass is 35.5. The van der Waals surface area contributed by atoms with Crippen molar-refractivity contribution in [2.45, 2.75) is 12.2 Å². The molecule has 4 N–H and O–H groups in total. The van der Waals surface area contributed by atoms with Crippen molar-refractivity contribution >= 4 is 12.4 Å². The van der Waals surface area contributed by atoms with Crippen LogP contribution in [0.5, 0.6) is 0 Å². The Bertz CT molecular complexity index is 354. The fourth-order valence-electron chi connectivity index (χ4n) is 1.22. The van der Waals surface area contributed by atoms with E-state index in [1.165, 1.54) is 0 Å². The van der Waals surface area contributed by atoms with Crippen molar-refractivity contribution in [3.05, 3.63) is 35.1 Å². The molecule has 2 nitrogen and oxygen atoms in total. The number of nitrogens with two attached hydrogens (primary N) is 2. The minimum atomic E-state index is -4.62. The molecule has 7 heteroatoms. The van der Waals surface area contributed by atoms with Crippen LogP contribution in [0.4, 0.5) is 17.6 Å². The van der Waals surface area contributed by atoms with Crippen molar-refractivity contribution in [3.8, 4) is 0 Å². The highest BCUT2D eigenvalue weighted by Crippen LogP contribution is 2.34. The van der Waals surface area contributed by atoms with E-state index in [9.17, 15) is 17.6 Å². The average molecular weight is 259 g/mol. The van der Waals surface area contributed by atoms with Crippen LogP contribution in [0.1, 0.15) is 17.2 Å². The van der Waals surface area contributed by atoms with Crippen molar-refractivity contribution in [1.82, 2.24) is 0 Å². The van der Waals surface area contributed by atoms with Crippen molar-refractivity contribution in [1.29, 1.82) is 0 Å². The zero-order valence-electron chi connectivity index (χ0n) is 8.09. The maximum atomic E-state index is 12.7. The second-order valence-electron chi connectivity index (χ2n) is 3.07. The third-order valence-corrected chi connectivity index (χ3v) is 1.97. The molecule has 0 heterocycles. The van der Waals surface area contributed by atoms with Gasteiger partial charge >= 0.3 is 6.18 Å². The largest absolute Gasteiger partial charge is 0.416 e. The lowest BCUT2D eigenvalue weighted by Crippen LogP contribution is -2.24. The van der Waals surface area contributed by atoms with Crippen LogP contribution in [0, 0.1) is 5.82 Å². The molecule has 0 aliphatic carbocycles. The molecule has 0 bridgehead atoms. The van der Waals surface area contributed by atoms with E-state index in [0.717, 1.165) is 12.1 Å². The molecule has 0 saturated carbocycles. The van der Waals surface area contributed by atoms with Gasteiger partial charge in [-0.3, -0.25) is 0 Å². The van der Waals surface area contributed by atoms with Crippen LogP contribution in [0.2, 0.25) is 0 Å². The van der Waals surface area contributed by atoms with Gasteiger partial charge in [0.15, 0.2) is 0 Å². The zero-order valence-corrected chi connectivity index (χ0v) is 8.91. The molecule has 0 spiro atoms. The molecule has 0 aliphatic heterocycles. The smallest absolute Gasteiger partial charge is 0.329 e. The lowest BCUT2D eigenvalue weighted by atomic mass is 10.0. The van der Waals surface area contributed by atoms with E-state index < -0.39 is 23.6 Å². The Balaban J connectivity index is 0.00000225. The summed E-state index contributed by atoms with van der Waals surface area (Å²) in [7, 11) is 0. The van der Waals surface area contributed by atoms with E-state index in [1.54, 1.807) is 0 Å². The highest BCUT2D eigenvalue weighted by Gasteiger charge is 2.34. The number of hydrogen-bond donors (Lipinski definition) is 2. The molecule has 1 atom stereocenters. The molecular formula is C9H11ClF4N2. The first-order chi connectivity index (χ1) is 6.86. The third kappa shape index (κ3) is 3.33. The second-order valence-corrected chi connectivity index (χ2v) is 3.07. The van der Waals surface area contributed by atoms with Gasteiger partial charge in [0.05, 0.1) is 5.56 Å². The standard InChI is InChI=1S/C9H10F4N2.ClH/c10-5-1-2-6(8(15)4-14)7(3-5)9(11,12)13;/h1-3,8H,4,14-15H2;1H/t8-;/m1./s1. The van der Waals surface area contributed by atoms with Gasteiger partial charge in [0.2, 0.25) is 0 Å². The maximum absolute atomic E-state index is 12.7. The summed E-state index contributed by atoms with van der Waals surface area (Å²) in [5, 5.41) is 0. The summed E-state index contributed by atoms with van der Waals surface area (Å²) >= 11 is 0. The Morgan fingerprint density at radius 2 is 1.81 bits per heavy atom. The van der Waals surface area contributed by atoms with Gasteiger partial charge in [0.25, 0.3) is 0 Å². The van der Waals surface area contributed by atoms with E-state index in [-0.39, 0.29) is 24.5 Å². The molecule has 16 heavy (non-hydrogen) atoms. The van der Waals surface area contributed by atoms with Crippen LogP contribution in [-0.4, -0.2) is 6.54 Å². The molecule has 0 amide bonds. The molecule has 0 unspecified atom stereocenters. The monoisotopic (exact) mass is 258 g/mol. The van der Waals surface area contributed by atoms with Gasteiger partial charge in [-0.2, -0.15) is 13.2 Å². The first-order valence-electron chi connectivity index (χ1n) is 4.18. The number of alkyl halides is 3. The van der Waals surface area contributed by atoms with Crippen LogP contribution >= 0.6 is 12.4 Å². The maximum Gasteiger partial charge on any atom is 0.416 e. The summed E-state index contributed by atoms with van der Waals surface area (Å²) in [5.41, 5.74) is 9.31. The van der Waals surface area contributed by atoms with Crippen LogP contribution in [0.3, 0.4) is 0 Å². The van der Waals surface area contributed by atoms with Gasteiger partial charge in [0, 0.05) is 12.6 Å². The van der Waals surface area contributed by atoms with Gasteiger partial charge in [-0.15, -0.1) is 12.4 Å². The summed E-state index contributed by atoms with van der Waals surface area (Å²) in [6.45, 7) is -0.130. The quantitative estimate of drug-likeness (QED) is 0.799. The zero-order chi connectivity index (χ0) is 11.6. The van der Waals surface area contributed by atoms with Crippen LogP contribution in [0.25, 0.3) is 0 Å². The van der Waals surface area contributed by atoms with Gasteiger partial charge in [-0.1, -0.05) is 6.07 Å². The minimum absolute atomic E-state index is 0. The molecule has 0 aliphatic rings. The number of halogens is 5. The third-order valence-electron chi connectivity index (χ3n) is 1.97. The highest BCUT2D eigenvalue weighted by molar-refractivity contribution is 5.85. The molecule has 92 valence electrons. The summed E-state index contributed by atoms with van der Waals surface area (Å²) in [4.78, 5) is 0. The summed E-state index contributed by atoms with van der Waals surface area (Å²) in [5.74, 6) is -0.949. The average Bonchev–Trinajstić information content (AvgIpc) is 2.15. The van der Waals surface area contributed by atoms with Crippen molar-refractivity contribution in [2.75, 3.05) is 6.54 Å². The first-order valence-corrected chi connectivity index (χ1v) is 4.18. The van der Waals surface area contributed by atoms with Gasteiger partial charge < -0.3 is 11.5 Å². The Kier molecular flexibility index (Phi) is 5.18.